The molecule has 0 aliphatic heterocycles. The van der Waals surface area contributed by atoms with Crippen LogP contribution in [-0.2, 0) is 4.79 Å². The van der Waals surface area contributed by atoms with Crippen LogP contribution in [0.5, 0.6) is 0 Å². The molecule has 15 heavy (non-hydrogen) atoms. The van der Waals surface area contributed by atoms with E-state index >= 15 is 0 Å². The van der Waals surface area contributed by atoms with Crippen LogP contribution in [0, 0.1) is 0 Å². The van der Waals surface area contributed by atoms with Gasteiger partial charge >= 0.3 is 0 Å². The standard InChI is InChI=1S/C12H22N2O/c1-2-3-8-14(11-6-7-11)12(15)9-13-10-4-5-10/h10-11,13H,2-9H2,1H3. The average Bonchev–Trinajstić information content (AvgIpc) is 3.08. The highest BCUT2D eigenvalue weighted by Crippen LogP contribution is 2.27. The van der Waals surface area contributed by atoms with Gasteiger partial charge in [-0.1, -0.05) is 13.3 Å². The van der Waals surface area contributed by atoms with Crippen LogP contribution < -0.4 is 5.32 Å². The van der Waals surface area contributed by atoms with Gasteiger partial charge in [0, 0.05) is 18.6 Å². The van der Waals surface area contributed by atoms with E-state index in [9.17, 15) is 4.79 Å². The van der Waals surface area contributed by atoms with Crippen molar-refractivity contribution in [3.8, 4) is 0 Å². The molecule has 2 aliphatic rings. The highest BCUT2D eigenvalue weighted by molar-refractivity contribution is 5.79. The Morgan fingerprint density at radius 1 is 1.33 bits per heavy atom. The van der Waals surface area contributed by atoms with Crippen LogP contribution in [0.1, 0.15) is 45.4 Å². The Morgan fingerprint density at radius 3 is 2.60 bits per heavy atom. The molecule has 0 radical (unpaired) electrons. The number of carbonyl (C=O) groups excluding carboxylic acids is 1. The molecule has 0 atom stereocenters. The lowest BCUT2D eigenvalue weighted by Crippen LogP contribution is -2.40. The Hall–Kier alpha value is -0.570. The molecule has 3 nitrogen and oxygen atoms in total. The fourth-order valence-electron chi connectivity index (χ4n) is 1.85. The minimum Gasteiger partial charge on any atom is -0.339 e. The largest absolute Gasteiger partial charge is 0.339 e. The van der Waals surface area contributed by atoms with E-state index in [0.29, 0.717) is 24.5 Å². The Labute approximate surface area is 92.2 Å². The molecule has 0 unspecified atom stereocenters. The predicted molar refractivity (Wildman–Crippen MR) is 60.7 cm³/mol. The van der Waals surface area contributed by atoms with E-state index in [-0.39, 0.29) is 0 Å². The van der Waals surface area contributed by atoms with Crippen LogP contribution in [0.15, 0.2) is 0 Å². The zero-order valence-electron chi connectivity index (χ0n) is 9.67. The molecular weight excluding hydrogens is 188 g/mol. The van der Waals surface area contributed by atoms with Crippen molar-refractivity contribution in [2.45, 2.75) is 57.5 Å². The van der Waals surface area contributed by atoms with Crippen molar-refractivity contribution in [2.75, 3.05) is 13.1 Å². The summed E-state index contributed by atoms with van der Waals surface area (Å²) in [6.07, 6.45) is 7.27. The second-order valence-corrected chi connectivity index (χ2v) is 4.83. The number of amides is 1. The smallest absolute Gasteiger partial charge is 0.236 e. The number of unbranched alkanes of at least 4 members (excludes halogenated alkanes) is 1. The Balaban J connectivity index is 1.71. The fraction of sp³-hybridized carbons (Fsp3) is 0.917. The predicted octanol–water partition coefficient (Wildman–Crippen LogP) is 1.53. The maximum absolute atomic E-state index is 11.9. The summed E-state index contributed by atoms with van der Waals surface area (Å²) >= 11 is 0. The van der Waals surface area contributed by atoms with Crippen molar-refractivity contribution in [3.63, 3.8) is 0 Å². The fourth-order valence-corrected chi connectivity index (χ4v) is 1.85. The molecule has 0 spiro atoms. The topological polar surface area (TPSA) is 32.3 Å². The van der Waals surface area contributed by atoms with E-state index in [2.05, 4.69) is 17.1 Å². The van der Waals surface area contributed by atoms with Crippen LogP contribution in [0.2, 0.25) is 0 Å². The third-order valence-electron chi connectivity index (χ3n) is 3.18. The number of rotatable bonds is 7. The summed E-state index contributed by atoms with van der Waals surface area (Å²) < 4.78 is 0. The minimum absolute atomic E-state index is 0.317. The van der Waals surface area contributed by atoms with Gasteiger partial charge < -0.3 is 10.2 Å². The molecule has 2 rings (SSSR count). The first-order chi connectivity index (χ1) is 7.31. The SMILES string of the molecule is CCCCN(C(=O)CNC1CC1)C1CC1. The normalized spacial score (nSPS) is 20.3. The lowest BCUT2D eigenvalue weighted by Gasteiger charge is -2.22. The van der Waals surface area contributed by atoms with Crippen LogP contribution in [0.3, 0.4) is 0 Å². The van der Waals surface area contributed by atoms with E-state index < -0.39 is 0 Å². The van der Waals surface area contributed by atoms with Gasteiger partial charge in [-0.05, 0) is 32.1 Å². The van der Waals surface area contributed by atoms with E-state index in [1.54, 1.807) is 0 Å². The van der Waals surface area contributed by atoms with Crippen LogP contribution in [0.25, 0.3) is 0 Å². The monoisotopic (exact) mass is 210 g/mol. The van der Waals surface area contributed by atoms with Crippen LogP contribution in [-0.4, -0.2) is 36.0 Å². The lowest BCUT2D eigenvalue weighted by molar-refractivity contribution is -0.130. The van der Waals surface area contributed by atoms with Gasteiger partial charge in [0.1, 0.15) is 0 Å². The number of carbonyl (C=O) groups is 1. The van der Waals surface area contributed by atoms with Crippen molar-refractivity contribution in [3.05, 3.63) is 0 Å². The molecule has 86 valence electrons. The summed E-state index contributed by atoms with van der Waals surface area (Å²) in [5.74, 6) is 0.317. The van der Waals surface area contributed by atoms with Crippen molar-refractivity contribution in [1.82, 2.24) is 10.2 Å². The quantitative estimate of drug-likeness (QED) is 0.691. The summed E-state index contributed by atoms with van der Waals surface area (Å²) in [6, 6.07) is 1.21. The number of nitrogens with zero attached hydrogens (tertiary/aromatic N) is 1. The molecule has 2 saturated carbocycles. The minimum atomic E-state index is 0.317. The summed E-state index contributed by atoms with van der Waals surface area (Å²) in [5, 5.41) is 3.30. The van der Waals surface area contributed by atoms with E-state index in [0.717, 1.165) is 13.0 Å². The molecule has 1 amide bonds. The van der Waals surface area contributed by atoms with Crippen LogP contribution >= 0.6 is 0 Å². The Bertz CT molecular complexity index is 222. The summed E-state index contributed by atoms with van der Waals surface area (Å²) in [4.78, 5) is 14.0. The Morgan fingerprint density at radius 2 is 2.07 bits per heavy atom. The van der Waals surface area contributed by atoms with E-state index in [1.165, 1.54) is 32.1 Å². The van der Waals surface area contributed by atoms with Crippen molar-refractivity contribution < 1.29 is 4.79 Å². The first kappa shape index (κ1) is 10.9. The summed E-state index contributed by atoms with van der Waals surface area (Å²) in [7, 11) is 0. The third kappa shape index (κ3) is 3.49. The van der Waals surface area contributed by atoms with Crippen LogP contribution in [0.4, 0.5) is 0 Å². The van der Waals surface area contributed by atoms with Gasteiger partial charge in [0.05, 0.1) is 6.54 Å². The molecule has 2 fully saturated rings. The Kier molecular flexibility index (Phi) is 3.62. The van der Waals surface area contributed by atoms with Crippen molar-refractivity contribution >= 4 is 5.91 Å². The molecule has 0 aromatic carbocycles. The summed E-state index contributed by atoms with van der Waals surface area (Å²) in [5.41, 5.74) is 0. The molecule has 0 saturated heterocycles. The molecule has 1 N–H and O–H groups in total. The van der Waals surface area contributed by atoms with Gasteiger partial charge in [-0.2, -0.15) is 0 Å². The number of nitrogens with one attached hydrogen (secondary N) is 1. The molecule has 0 aromatic heterocycles. The molecule has 3 heteroatoms. The van der Waals surface area contributed by atoms with Gasteiger partial charge in [0.25, 0.3) is 0 Å². The second kappa shape index (κ2) is 4.97. The van der Waals surface area contributed by atoms with Gasteiger partial charge in [0.2, 0.25) is 5.91 Å². The second-order valence-electron chi connectivity index (χ2n) is 4.83. The zero-order chi connectivity index (χ0) is 10.7. The molecule has 2 aliphatic carbocycles. The number of hydrogen-bond acceptors (Lipinski definition) is 2. The summed E-state index contributed by atoms with van der Waals surface area (Å²) in [6.45, 7) is 3.70. The highest BCUT2D eigenvalue weighted by atomic mass is 16.2. The number of hydrogen-bond donors (Lipinski definition) is 1. The van der Waals surface area contributed by atoms with Gasteiger partial charge in [0.15, 0.2) is 0 Å². The van der Waals surface area contributed by atoms with E-state index in [4.69, 9.17) is 0 Å². The molecule has 0 heterocycles. The van der Waals surface area contributed by atoms with E-state index in [1.807, 2.05) is 0 Å². The first-order valence-electron chi connectivity index (χ1n) is 6.34. The molecule has 0 aromatic rings. The average molecular weight is 210 g/mol. The third-order valence-corrected chi connectivity index (χ3v) is 3.18. The molecular formula is C12H22N2O. The van der Waals surface area contributed by atoms with Crippen molar-refractivity contribution in [2.24, 2.45) is 0 Å². The maximum atomic E-state index is 11.9. The van der Waals surface area contributed by atoms with Gasteiger partial charge in [-0.15, -0.1) is 0 Å². The van der Waals surface area contributed by atoms with Crippen molar-refractivity contribution in [1.29, 1.82) is 0 Å². The highest BCUT2D eigenvalue weighted by Gasteiger charge is 2.32. The molecule has 0 bridgehead atoms. The lowest BCUT2D eigenvalue weighted by atomic mass is 10.3. The maximum Gasteiger partial charge on any atom is 0.236 e. The van der Waals surface area contributed by atoms with Gasteiger partial charge in [-0.25, -0.2) is 0 Å². The first-order valence-corrected chi connectivity index (χ1v) is 6.34. The zero-order valence-corrected chi connectivity index (χ0v) is 9.67. The van der Waals surface area contributed by atoms with Gasteiger partial charge in [-0.3, -0.25) is 4.79 Å².